The van der Waals surface area contributed by atoms with Gasteiger partial charge < -0.3 is 10.5 Å². The van der Waals surface area contributed by atoms with E-state index in [4.69, 9.17) is 10.5 Å². The second kappa shape index (κ2) is 5.85. The highest BCUT2D eigenvalue weighted by atomic mass is 19.4. The fraction of sp³-hybridized carbons (Fsp3) is 0.294. The average molecular weight is 325 g/mol. The lowest BCUT2D eigenvalue weighted by molar-refractivity contribution is -0.127. The van der Waals surface area contributed by atoms with Crippen LogP contribution in [0.25, 0.3) is 11.1 Å². The molecule has 122 valence electrons. The molecule has 0 bridgehead atoms. The smallest absolute Gasteiger partial charge is 0.393 e. The Morgan fingerprint density at radius 1 is 1.13 bits per heavy atom. The van der Waals surface area contributed by atoms with Gasteiger partial charge in [0.25, 0.3) is 0 Å². The molecule has 1 heterocycles. The number of hydrogen-bond donors (Lipinski definition) is 1. The van der Waals surface area contributed by atoms with Crippen molar-refractivity contribution in [2.45, 2.75) is 25.1 Å². The molecule has 0 saturated carbocycles. The van der Waals surface area contributed by atoms with E-state index in [9.17, 15) is 17.6 Å². The Balaban J connectivity index is 2.11. The number of alkyl halides is 3. The molecular formula is C17H15F4NO. The van der Waals surface area contributed by atoms with Crippen LogP contribution in [0.3, 0.4) is 0 Å². The first kappa shape index (κ1) is 15.8. The summed E-state index contributed by atoms with van der Waals surface area (Å²) in [7, 11) is 0. The average Bonchev–Trinajstić information content (AvgIpc) is 2.88. The van der Waals surface area contributed by atoms with Crippen LogP contribution in [0.15, 0.2) is 36.4 Å². The Hall–Kier alpha value is -2.08. The van der Waals surface area contributed by atoms with Crippen molar-refractivity contribution < 1.29 is 22.3 Å². The molecule has 1 unspecified atom stereocenters. The lowest BCUT2D eigenvalue weighted by Gasteiger charge is -2.15. The summed E-state index contributed by atoms with van der Waals surface area (Å²) < 4.78 is 58.0. The molecule has 2 nitrogen and oxygen atoms in total. The van der Waals surface area contributed by atoms with Gasteiger partial charge in [-0.25, -0.2) is 4.39 Å². The van der Waals surface area contributed by atoms with Crippen molar-refractivity contribution in [1.29, 1.82) is 0 Å². The van der Waals surface area contributed by atoms with Gasteiger partial charge in [0.05, 0.1) is 6.42 Å². The summed E-state index contributed by atoms with van der Waals surface area (Å²) in [6, 6.07) is 8.67. The molecule has 0 saturated heterocycles. The van der Waals surface area contributed by atoms with Gasteiger partial charge in [0.2, 0.25) is 0 Å². The lowest BCUT2D eigenvalue weighted by Crippen LogP contribution is -2.24. The molecule has 6 heteroatoms. The Labute approximate surface area is 130 Å². The molecule has 1 atom stereocenters. The molecule has 0 aromatic heterocycles. The Kier molecular flexibility index (Phi) is 4.02. The predicted octanol–water partition coefficient (Wildman–Crippen LogP) is 3.86. The minimum absolute atomic E-state index is 0.0904. The van der Waals surface area contributed by atoms with E-state index in [0.29, 0.717) is 28.9 Å². The van der Waals surface area contributed by atoms with Crippen molar-refractivity contribution in [3.05, 3.63) is 53.3 Å². The third-order valence-corrected chi connectivity index (χ3v) is 3.82. The van der Waals surface area contributed by atoms with Gasteiger partial charge in [-0.1, -0.05) is 24.3 Å². The van der Waals surface area contributed by atoms with Crippen LogP contribution < -0.4 is 10.5 Å². The fourth-order valence-corrected chi connectivity index (χ4v) is 2.88. The Bertz CT molecular complexity index is 727. The second-order valence-corrected chi connectivity index (χ2v) is 5.57. The first-order valence-electron chi connectivity index (χ1n) is 7.21. The van der Waals surface area contributed by atoms with Gasteiger partial charge in [-0.15, -0.1) is 0 Å². The standard InChI is InChI=1S/C17H15F4NO/c18-12-5-11-6-13(9-22)23-16(11)15(7-12)14-4-2-1-3-10(14)8-17(19,20)21/h1-5,7,13H,6,8-9,22H2. The molecule has 0 fully saturated rings. The maximum absolute atomic E-state index is 13.9. The topological polar surface area (TPSA) is 35.2 Å². The molecule has 1 aliphatic rings. The van der Waals surface area contributed by atoms with Gasteiger partial charge in [-0.3, -0.25) is 0 Å². The molecule has 1 aliphatic heterocycles. The summed E-state index contributed by atoms with van der Waals surface area (Å²) >= 11 is 0. The fourth-order valence-electron chi connectivity index (χ4n) is 2.88. The summed E-state index contributed by atoms with van der Waals surface area (Å²) in [5.41, 5.74) is 6.99. The first-order chi connectivity index (χ1) is 10.9. The highest BCUT2D eigenvalue weighted by Gasteiger charge is 2.31. The molecule has 2 aromatic carbocycles. The van der Waals surface area contributed by atoms with E-state index in [-0.39, 0.29) is 18.2 Å². The van der Waals surface area contributed by atoms with E-state index in [1.165, 1.54) is 24.3 Å². The summed E-state index contributed by atoms with van der Waals surface area (Å²) in [5.74, 6) is -0.0710. The number of benzene rings is 2. The van der Waals surface area contributed by atoms with E-state index in [2.05, 4.69) is 0 Å². The van der Waals surface area contributed by atoms with Crippen LogP contribution in [-0.2, 0) is 12.8 Å². The quantitative estimate of drug-likeness (QED) is 0.870. The van der Waals surface area contributed by atoms with E-state index < -0.39 is 18.4 Å². The number of rotatable bonds is 3. The van der Waals surface area contributed by atoms with E-state index in [1.807, 2.05) is 0 Å². The normalized spacial score (nSPS) is 17.0. The zero-order valence-corrected chi connectivity index (χ0v) is 12.2. The first-order valence-corrected chi connectivity index (χ1v) is 7.21. The number of halogens is 4. The van der Waals surface area contributed by atoms with Crippen LogP contribution in [0.5, 0.6) is 5.75 Å². The van der Waals surface area contributed by atoms with Gasteiger partial charge in [0, 0.05) is 24.1 Å². The molecule has 3 rings (SSSR count). The SMILES string of the molecule is NCC1Cc2cc(F)cc(-c3ccccc3CC(F)(F)F)c2O1. The minimum atomic E-state index is -4.34. The summed E-state index contributed by atoms with van der Waals surface area (Å²) in [5, 5.41) is 0. The molecule has 0 spiro atoms. The lowest BCUT2D eigenvalue weighted by atomic mass is 9.94. The monoisotopic (exact) mass is 325 g/mol. The highest BCUT2D eigenvalue weighted by Crippen LogP contribution is 2.41. The van der Waals surface area contributed by atoms with Crippen molar-refractivity contribution in [2.75, 3.05) is 6.54 Å². The molecular weight excluding hydrogens is 310 g/mol. The van der Waals surface area contributed by atoms with Crippen molar-refractivity contribution >= 4 is 0 Å². The van der Waals surface area contributed by atoms with Crippen LogP contribution >= 0.6 is 0 Å². The number of fused-ring (bicyclic) bond motifs is 1. The molecule has 2 aromatic rings. The number of nitrogens with two attached hydrogens (primary N) is 1. The summed E-state index contributed by atoms with van der Waals surface area (Å²) in [6.07, 6.45) is -5.24. The zero-order chi connectivity index (χ0) is 16.6. The van der Waals surface area contributed by atoms with E-state index in [0.717, 1.165) is 0 Å². The van der Waals surface area contributed by atoms with Gasteiger partial charge in [-0.2, -0.15) is 13.2 Å². The van der Waals surface area contributed by atoms with Crippen LogP contribution in [0.1, 0.15) is 11.1 Å². The Morgan fingerprint density at radius 3 is 2.57 bits per heavy atom. The zero-order valence-electron chi connectivity index (χ0n) is 12.2. The third-order valence-electron chi connectivity index (χ3n) is 3.82. The third kappa shape index (κ3) is 3.32. The minimum Gasteiger partial charge on any atom is -0.488 e. The predicted molar refractivity (Wildman–Crippen MR) is 78.8 cm³/mol. The van der Waals surface area contributed by atoms with Crippen molar-refractivity contribution in [3.8, 4) is 16.9 Å². The van der Waals surface area contributed by atoms with Crippen LogP contribution in [0.4, 0.5) is 17.6 Å². The number of hydrogen-bond acceptors (Lipinski definition) is 2. The van der Waals surface area contributed by atoms with E-state index in [1.54, 1.807) is 12.1 Å². The van der Waals surface area contributed by atoms with Crippen molar-refractivity contribution in [1.82, 2.24) is 0 Å². The van der Waals surface area contributed by atoms with Crippen molar-refractivity contribution in [3.63, 3.8) is 0 Å². The molecule has 2 N–H and O–H groups in total. The van der Waals surface area contributed by atoms with Gasteiger partial charge in [0.1, 0.15) is 17.7 Å². The number of ether oxygens (including phenoxy) is 1. The van der Waals surface area contributed by atoms with Gasteiger partial charge >= 0.3 is 6.18 Å². The molecule has 23 heavy (non-hydrogen) atoms. The van der Waals surface area contributed by atoms with E-state index >= 15 is 0 Å². The molecule has 0 radical (unpaired) electrons. The molecule has 0 amide bonds. The largest absolute Gasteiger partial charge is 0.488 e. The summed E-state index contributed by atoms with van der Waals surface area (Å²) in [4.78, 5) is 0. The van der Waals surface area contributed by atoms with Crippen LogP contribution in [0, 0.1) is 5.82 Å². The maximum atomic E-state index is 13.9. The van der Waals surface area contributed by atoms with Crippen LogP contribution in [-0.4, -0.2) is 18.8 Å². The highest BCUT2D eigenvalue weighted by molar-refractivity contribution is 5.76. The van der Waals surface area contributed by atoms with Crippen LogP contribution in [0.2, 0.25) is 0 Å². The Morgan fingerprint density at radius 2 is 1.87 bits per heavy atom. The van der Waals surface area contributed by atoms with Gasteiger partial charge in [0.15, 0.2) is 0 Å². The summed E-state index contributed by atoms with van der Waals surface area (Å²) in [6.45, 7) is 0.264. The van der Waals surface area contributed by atoms with Crippen molar-refractivity contribution in [2.24, 2.45) is 5.73 Å². The molecule has 0 aliphatic carbocycles. The maximum Gasteiger partial charge on any atom is 0.393 e. The second-order valence-electron chi connectivity index (χ2n) is 5.57. The van der Waals surface area contributed by atoms with Gasteiger partial charge in [-0.05, 0) is 23.3 Å².